The third kappa shape index (κ3) is 2.17. The van der Waals surface area contributed by atoms with Gasteiger partial charge in [0, 0.05) is 5.57 Å². The predicted octanol–water partition coefficient (Wildman–Crippen LogP) is 1.76. The molecule has 1 aromatic rings. The SMILES string of the molecule is C=C(CN1C(=O)C(=O)c2cc(Br)c(F)cc21)C(=O)O. The van der Waals surface area contributed by atoms with Crippen molar-refractivity contribution in [1.29, 1.82) is 0 Å². The topological polar surface area (TPSA) is 74.7 Å². The van der Waals surface area contributed by atoms with E-state index in [1.165, 1.54) is 6.07 Å². The van der Waals surface area contributed by atoms with Crippen LogP contribution in [0.15, 0.2) is 28.8 Å². The van der Waals surface area contributed by atoms with E-state index in [2.05, 4.69) is 22.5 Å². The van der Waals surface area contributed by atoms with Crippen molar-refractivity contribution in [2.45, 2.75) is 0 Å². The third-order valence-electron chi connectivity index (χ3n) is 2.66. The Labute approximate surface area is 115 Å². The number of aliphatic carboxylic acids is 1. The van der Waals surface area contributed by atoms with Gasteiger partial charge in [-0.1, -0.05) is 6.58 Å². The molecule has 0 fully saturated rings. The molecule has 5 nitrogen and oxygen atoms in total. The van der Waals surface area contributed by atoms with E-state index in [4.69, 9.17) is 5.11 Å². The first-order chi connectivity index (χ1) is 8.82. The maximum absolute atomic E-state index is 13.5. The molecule has 0 aliphatic carbocycles. The van der Waals surface area contributed by atoms with Crippen molar-refractivity contribution in [3.63, 3.8) is 0 Å². The number of carbonyl (C=O) groups excluding carboxylic acids is 2. The minimum absolute atomic E-state index is 0.0384. The molecule has 0 unspecified atom stereocenters. The third-order valence-corrected chi connectivity index (χ3v) is 3.27. The second-order valence-electron chi connectivity index (χ2n) is 3.91. The largest absolute Gasteiger partial charge is 0.478 e. The van der Waals surface area contributed by atoms with Crippen LogP contribution in [0.25, 0.3) is 0 Å². The smallest absolute Gasteiger partial charge is 0.332 e. The first-order valence-corrected chi connectivity index (χ1v) is 5.88. The maximum Gasteiger partial charge on any atom is 0.332 e. The number of nitrogens with zero attached hydrogens (tertiary/aromatic N) is 1. The minimum atomic E-state index is -1.29. The lowest BCUT2D eigenvalue weighted by Gasteiger charge is -2.16. The molecule has 2 rings (SSSR count). The highest BCUT2D eigenvalue weighted by Gasteiger charge is 2.37. The van der Waals surface area contributed by atoms with Crippen molar-refractivity contribution in [2.75, 3.05) is 11.4 Å². The Morgan fingerprint density at radius 1 is 1.42 bits per heavy atom. The Morgan fingerprint density at radius 3 is 2.63 bits per heavy atom. The molecule has 0 bridgehead atoms. The fourth-order valence-electron chi connectivity index (χ4n) is 1.70. The van der Waals surface area contributed by atoms with Crippen LogP contribution >= 0.6 is 15.9 Å². The Balaban J connectivity index is 2.47. The molecule has 0 saturated heterocycles. The lowest BCUT2D eigenvalue weighted by Crippen LogP contribution is -2.32. The van der Waals surface area contributed by atoms with E-state index in [-0.39, 0.29) is 27.8 Å². The molecular weight excluding hydrogens is 321 g/mol. The number of fused-ring (bicyclic) bond motifs is 1. The summed E-state index contributed by atoms with van der Waals surface area (Å²) < 4.78 is 13.5. The lowest BCUT2D eigenvalue weighted by molar-refractivity contribution is -0.132. The van der Waals surface area contributed by atoms with Crippen molar-refractivity contribution < 1.29 is 23.9 Å². The van der Waals surface area contributed by atoms with Gasteiger partial charge in [-0.05, 0) is 28.1 Å². The summed E-state index contributed by atoms with van der Waals surface area (Å²) >= 11 is 2.92. The van der Waals surface area contributed by atoms with Gasteiger partial charge in [0.25, 0.3) is 11.7 Å². The number of amides is 1. The Morgan fingerprint density at radius 2 is 2.05 bits per heavy atom. The van der Waals surface area contributed by atoms with E-state index in [0.717, 1.165) is 11.0 Å². The molecule has 19 heavy (non-hydrogen) atoms. The van der Waals surface area contributed by atoms with Crippen LogP contribution in [0.3, 0.4) is 0 Å². The highest BCUT2D eigenvalue weighted by Crippen LogP contribution is 2.33. The second-order valence-corrected chi connectivity index (χ2v) is 4.77. The van der Waals surface area contributed by atoms with E-state index in [1.54, 1.807) is 0 Å². The normalized spacial score (nSPS) is 13.7. The molecular formula is C12H7BrFNO4. The number of anilines is 1. The van der Waals surface area contributed by atoms with Crippen LogP contribution in [-0.2, 0) is 9.59 Å². The Bertz CT molecular complexity index is 641. The fraction of sp³-hybridized carbons (Fsp3) is 0.0833. The maximum atomic E-state index is 13.5. The summed E-state index contributed by atoms with van der Waals surface area (Å²) in [6.45, 7) is 2.92. The average Bonchev–Trinajstić information content (AvgIpc) is 2.56. The van der Waals surface area contributed by atoms with E-state index in [1.807, 2.05) is 0 Å². The second kappa shape index (κ2) is 4.58. The van der Waals surface area contributed by atoms with Gasteiger partial charge in [0.05, 0.1) is 22.3 Å². The van der Waals surface area contributed by atoms with Gasteiger partial charge >= 0.3 is 5.97 Å². The number of carboxylic acid groups (broad SMARTS) is 1. The molecule has 1 aliphatic heterocycles. The molecule has 0 saturated carbocycles. The van der Waals surface area contributed by atoms with Crippen molar-refractivity contribution in [2.24, 2.45) is 0 Å². The van der Waals surface area contributed by atoms with E-state index >= 15 is 0 Å². The van der Waals surface area contributed by atoms with E-state index in [9.17, 15) is 18.8 Å². The van der Waals surface area contributed by atoms with Gasteiger partial charge in [-0.2, -0.15) is 0 Å². The summed E-state index contributed by atoms with van der Waals surface area (Å²) in [5, 5.41) is 8.74. The monoisotopic (exact) mass is 327 g/mol. The molecule has 1 heterocycles. The number of benzene rings is 1. The molecule has 7 heteroatoms. The van der Waals surface area contributed by atoms with Crippen LogP contribution in [0.1, 0.15) is 10.4 Å². The van der Waals surface area contributed by atoms with Crippen molar-refractivity contribution >= 4 is 39.3 Å². The first-order valence-electron chi connectivity index (χ1n) is 5.09. The summed E-state index contributed by atoms with van der Waals surface area (Å²) in [6.07, 6.45) is 0. The Hall–Kier alpha value is -2.02. The summed E-state index contributed by atoms with van der Waals surface area (Å²) in [7, 11) is 0. The number of hydrogen-bond acceptors (Lipinski definition) is 3. The van der Waals surface area contributed by atoms with Gasteiger partial charge in [0.2, 0.25) is 0 Å². The number of carbonyl (C=O) groups is 3. The van der Waals surface area contributed by atoms with Gasteiger partial charge in [-0.25, -0.2) is 9.18 Å². The lowest BCUT2D eigenvalue weighted by atomic mass is 10.1. The molecule has 1 aliphatic rings. The van der Waals surface area contributed by atoms with Gasteiger partial charge in [0.1, 0.15) is 5.82 Å². The van der Waals surface area contributed by atoms with Crippen molar-refractivity contribution in [3.8, 4) is 0 Å². The first kappa shape index (κ1) is 13.4. The van der Waals surface area contributed by atoms with Crippen molar-refractivity contribution in [3.05, 3.63) is 40.1 Å². The van der Waals surface area contributed by atoms with Crippen LogP contribution in [0.4, 0.5) is 10.1 Å². The summed E-state index contributed by atoms with van der Waals surface area (Å²) in [5.41, 5.74) is -0.174. The molecule has 1 aromatic carbocycles. The standard InChI is InChI=1S/C12H7BrFNO4/c1-5(12(18)19)4-15-9-3-8(14)7(13)2-6(9)10(16)11(15)17/h2-3H,1,4H2,(H,18,19). The summed E-state index contributed by atoms with van der Waals surface area (Å²) in [5.74, 6) is -3.62. The van der Waals surface area contributed by atoms with Crippen molar-refractivity contribution in [1.82, 2.24) is 0 Å². The fourth-order valence-corrected chi connectivity index (χ4v) is 2.05. The van der Waals surface area contributed by atoms with Crippen LogP contribution < -0.4 is 4.90 Å². The zero-order valence-corrected chi connectivity index (χ0v) is 11.0. The molecule has 0 radical (unpaired) electrons. The Kier molecular flexibility index (Phi) is 3.23. The zero-order valence-electron chi connectivity index (χ0n) is 9.44. The van der Waals surface area contributed by atoms with E-state index < -0.39 is 23.5 Å². The molecule has 0 atom stereocenters. The number of halogens is 2. The van der Waals surface area contributed by atoms with E-state index in [0.29, 0.717) is 0 Å². The molecule has 1 amide bonds. The number of rotatable bonds is 3. The van der Waals surface area contributed by atoms with Gasteiger partial charge < -0.3 is 5.11 Å². The molecule has 0 aromatic heterocycles. The number of Topliss-reactive ketones (excluding diaryl/α,β-unsaturated/α-hetero) is 1. The summed E-state index contributed by atoms with van der Waals surface area (Å²) in [6, 6.07) is 2.21. The number of ketones is 1. The van der Waals surface area contributed by atoms with Gasteiger partial charge in [0.15, 0.2) is 0 Å². The quantitative estimate of drug-likeness (QED) is 0.678. The molecule has 1 N–H and O–H groups in total. The minimum Gasteiger partial charge on any atom is -0.478 e. The zero-order chi connectivity index (χ0) is 14.3. The van der Waals surface area contributed by atoms with Gasteiger partial charge in [-0.15, -0.1) is 0 Å². The van der Waals surface area contributed by atoms with Crippen LogP contribution in [0.5, 0.6) is 0 Å². The van der Waals surface area contributed by atoms with Crippen LogP contribution in [0, 0.1) is 5.82 Å². The molecule has 0 spiro atoms. The highest BCUT2D eigenvalue weighted by molar-refractivity contribution is 9.10. The molecule has 98 valence electrons. The number of hydrogen-bond donors (Lipinski definition) is 1. The summed E-state index contributed by atoms with van der Waals surface area (Å²) in [4.78, 5) is 35.1. The highest BCUT2D eigenvalue weighted by atomic mass is 79.9. The van der Waals surface area contributed by atoms with Crippen LogP contribution in [0.2, 0.25) is 0 Å². The average molecular weight is 328 g/mol. The van der Waals surface area contributed by atoms with Crippen LogP contribution in [-0.4, -0.2) is 29.3 Å². The predicted molar refractivity (Wildman–Crippen MR) is 67.6 cm³/mol. The number of carboxylic acids is 1. The van der Waals surface area contributed by atoms with Gasteiger partial charge in [-0.3, -0.25) is 14.5 Å².